The van der Waals surface area contributed by atoms with E-state index in [1.807, 2.05) is 0 Å². The molecule has 0 saturated carbocycles. The second kappa shape index (κ2) is 6.66. The first kappa shape index (κ1) is 14.1. The van der Waals surface area contributed by atoms with Crippen molar-refractivity contribution in [2.75, 3.05) is 19.5 Å². The fourth-order valence-corrected chi connectivity index (χ4v) is 1.35. The van der Waals surface area contributed by atoms with Crippen LogP contribution in [0.5, 0.6) is 0 Å². The van der Waals surface area contributed by atoms with E-state index in [9.17, 15) is 9.59 Å². The summed E-state index contributed by atoms with van der Waals surface area (Å²) >= 11 is 5.80. The van der Waals surface area contributed by atoms with Crippen molar-refractivity contribution in [3.05, 3.63) is 41.1 Å². The molecule has 0 saturated heterocycles. The summed E-state index contributed by atoms with van der Waals surface area (Å²) in [5.74, 6) is -1.56. The first-order chi connectivity index (χ1) is 8.58. The second-order valence-corrected chi connectivity index (χ2v) is 3.63. The molecule has 1 rings (SSSR count). The van der Waals surface area contributed by atoms with Crippen LogP contribution in [0.15, 0.2) is 36.0 Å². The molecular weight excluding hydrogens is 258 g/mol. The Morgan fingerprint density at radius 1 is 1.22 bits per heavy atom. The molecule has 96 valence electrons. The zero-order valence-corrected chi connectivity index (χ0v) is 10.7. The number of nitrogens with one attached hydrogen (secondary N) is 1. The van der Waals surface area contributed by atoms with Crippen LogP contribution in [-0.4, -0.2) is 26.2 Å². The molecule has 1 aromatic carbocycles. The number of carbonyl (C=O) groups excluding carboxylic acids is 2. The van der Waals surface area contributed by atoms with Gasteiger partial charge in [-0.15, -0.1) is 0 Å². The Morgan fingerprint density at radius 2 is 1.83 bits per heavy atom. The van der Waals surface area contributed by atoms with Gasteiger partial charge in [0.15, 0.2) is 5.57 Å². The van der Waals surface area contributed by atoms with Crippen molar-refractivity contribution < 1.29 is 19.1 Å². The number of esters is 2. The molecule has 6 heteroatoms. The molecule has 1 aromatic rings. The van der Waals surface area contributed by atoms with Crippen LogP contribution in [0.4, 0.5) is 5.69 Å². The van der Waals surface area contributed by atoms with Gasteiger partial charge in [0, 0.05) is 16.9 Å². The summed E-state index contributed by atoms with van der Waals surface area (Å²) in [7, 11) is 2.36. The Balaban J connectivity index is 2.90. The summed E-state index contributed by atoms with van der Waals surface area (Å²) in [5, 5.41) is 3.30. The monoisotopic (exact) mass is 269 g/mol. The highest BCUT2D eigenvalue weighted by Gasteiger charge is 2.19. The minimum absolute atomic E-state index is 0.236. The molecule has 0 unspecified atom stereocenters. The standard InChI is InChI=1S/C12H12ClNO4/c1-17-11(15)10(12(16)18-2)7-14-9-5-3-4-8(13)6-9/h3-7,14H,1-2H3. The van der Waals surface area contributed by atoms with E-state index in [0.29, 0.717) is 10.7 Å². The van der Waals surface area contributed by atoms with Gasteiger partial charge in [0.25, 0.3) is 0 Å². The highest BCUT2D eigenvalue weighted by atomic mass is 35.5. The van der Waals surface area contributed by atoms with Crippen molar-refractivity contribution in [2.24, 2.45) is 0 Å². The molecule has 0 amide bonds. The van der Waals surface area contributed by atoms with Crippen LogP contribution in [0.25, 0.3) is 0 Å². The SMILES string of the molecule is COC(=O)C(=CNc1cccc(Cl)c1)C(=O)OC. The predicted molar refractivity (Wildman–Crippen MR) is 67.2 cm³/mol. The summed E-state index contributed by atoms with van der Waals surface area (Å²) in [5.41, 5.74) is 0.396. The van der Waals surface area contributed by atoms with Crippen LogP contribution >= 0.6 is 11.6 Å². The summed E-state index contributed by atoms with van der Waals surface area (Å²) in [6, 6.07) is 6.81. The van der Waals surface area contributed by atoms with Crippen molar-refractivity contribution >= 4 is 29.2 Å². The smallest absolute Gasteiger partial charge is 0.346 e. The van der Waals surface area contributed by atoms with E-state index >= 15 is 0 Å². The molecule has 0 heterocycles. The van der Waals surface area contributed by atoms with E-state index < -0.39 is 11.9 Å². The minimum Gasteiger partial charge on any atom is -0.465 e. The van der Waals surface area contributed by atoms with Gasteiger partial charge in [-0.2, -0.15) is 0 Å². The van der Waals surface area contributed by atoms with Crippen molar-refractivity contribution in [2.45, 2.75) is 0 Å². The molecule has 0 fully saturated rings. The molecule has 0 aromatic heterocycles. The zero-order valence-electron chi connectivity index (χ0n) is 9.90. The summed E-state index contributed by atoms with van der Waals surface area (Å²) in [6.45, 7) is 0. The molecule has 0 aliphatic rings. The van der Waals surface area contributed by atoms with Gasteiger partial charge in [0.1, 0.15) is 0 Å². The Bertz CT molecular complexity index is 467. The molecule has 18 heavy (non-hydrogen) atoms. The fraction of sp³-hybridized carbons (Fsp3) is 0.167. The quantitative estimate of drug-likeness (QED) is 0.392. The lowest BCUT2D eigenvalue weighted by atomic mass is 10.3. The topological polar surface area (TPSA) is 64.6 Å². The van der Waals surface area contributed by atoms with Crippen LogP contribution in [0.3, 0.4) is 0 Å². The molecule has 0 bridgehead atoms. The number of hydrogen-bond donors (Lipinski definition) is 1. The molecule has 0 radical (unpaired) electrons. The minimum atomic E-state index is -0.781. The highest BCUT2D eigenvalue weighted by Crippen LogP contribution is 2.15. The third-order valence-corrected chi connectivity index (χ3v) is 2.25. The van der Waals surface area contributed by atoms with E-state index in [0.717, 1.165) is 0 Å². The van der Waals surface area contributed by atoms with Gasteiger partial charge in [0.05, 0.1) is 14.2 Å². The number of halogens is 1. The van der Waals surface area contributed by atoms with Crippen molar-refractivity contribution in [1.82, 2.24) is 0 Å². The lowest BCUT2D eigenvalue weighted by Gasteiger charge is -2.05. The van der Waals surface area contributed by atoms with Crippen molar-refractivity contribution in [3.8, 4) is 0 Å². The van der Waals surface area contributed by atoms with E-state index in [1.54, 1.807) is 24.3 Å². The van der Waals surface area contributed by atoms with E-state index in [1.165, 1.54) is 20.4 Å². The second-order valence-electron chi connectivity index (χ2n) is 3.20. The number of methoxy groups -OCH3 is 2. The van der Waals surface area contributed by atoms with Crippen LogP contribution < -0.4 is 5.32 Å². The van der Waals surface area contributed by atoms with Gasteiger partial charge < -0.3 is 14.8 Å². The summed E-state index contributed by atoms with van der Waals surface area (Å²) in [4.78, 5) is 22.7. The maximum absolute atomic E-state index is 11.3. The Kier molecular flexibility index (Phi) is 5.20. The fourth-order valence-electron chi connectivity index (χ4n) is 1.15. The number of anilines is 1. The van der Waals surface area contributed by atoms with Gasteiger partial charge >= 0.3 is 11.9 Å². The lowest BCUT2D eigenvalue weighted by molar-refractivity contribution is -0.144. The third-order valence-electron chi connectivity index (χ3n) is 2.02. The zero-order chi connectivity index (χ0) is 13.5. The first-order valence-corrected chi connectivity index (χ1v) is 5.35. The number of carbonyl (C=O) groups is 2. The van der Waals surface area contributed by atoms with E-state index in [2.05, 4.69) is 14.8 Å². The molecule has 0 atom stereocenters. The highest BCUT2D eigenvalue weighted by molar-refractivity contribution is 6.30. The Labute approximate surface area is 109 Å². The number of benzene rings is 1. The summed E-state index contributed by atoms with van der Waals surface area (Å²) < 4.78 is 8.95. The Hall–Kier alpha value is -2.01. The largest absolute Gasteiger partial charge is 0.465 e. The van der Waals surface area contributed by atoms with Crippen LogP contribution in [-0.2, 0) is 19.1 Å². The molecular formula is C12H12ClNO4. The molecule has 1 N–H and O–H groups in total. The van der Waals surface area contributed by atoms with Crippen LogP contribution in [0.2, 0.25) is 5.02 Å². The number of ether oxygens (including phenoxy) is 2. The third kappa shape index (κ3) is 3.78. The molecule has 0 aliphatic carbocycles. The van der Waals surface area contributed by atoms with Crippen molar-refractivity contribution in [1.29, 1.82) is 0 Å². The Morgan fingerprint density at radius 3 is 2.33 bits per heavy atom. The van der Waals surface area contributed by atoms with E-state index in [-0.39, 0.29) is 5.57 Å². The van der Waals surface area contributed by atoms with Gasteiger partial charge in [-0.3, -0.25) is 0 Å². The van der Waals surface area contributed by atoms with Gasteiger partial charge in [-0.1, -0.05) is 17.7 Å². The van der Waals surface area contributed by atoms with Crippen LogP contribution in [0.1, 0.15) is 0 Å². The average Bonchev–Trinajstić information content (AvgIpc) is 2.38. The van der Waals surface area contributed by atoms with Crippen molar-refractivity contribution in [3.63, 3.8) is 0 Å². The predicted octanol–water partition coefficient (Wildman–Crippen LogP) is 1.98. The summed E-state index contributed by atoms with van der Waals surface area (Å²) in [6.07, 6.45) is 1.21. The molecule has 0 spiro atoms. The normalized spacial score (nSPS) is 9.28. The molecule has 0 aliphatic heterocycles. The number of hydrogen-bond acceptors (Lipinski definition) is 5. The van der Waals surface area contributed by atoms with Gasteiger partial charge in [-0.25, -0.2) is 9.59 Å². The van der Waals surface area contributed by atoms with Crippen LogP contribution in [0, 0.1) is 0 Å². The maximum Gasteiger partial charge on any atom is 0.346 e. The van der Waals surface area contributed by atoms with Gasteiger partial charge in [-0.05, 0) is 18.2 Å². The van der Waals surface area contributed by atoms with E-state index in [4.69, 9.17) is 11.6 Å². The number of rotatable bonds is 4. The average molecular weight is 270 g/mol. The lowest BCUT2D eigenvalue weighted by Crippen LogP contribution is -2.17. The first-order valence-electron chi connectivity index (χ1n) is 4.97. The maximum atomic E-state index is 11.3. The van der Waals surface area contributed by atoms with Gasteiger partial charge in [0.2, 0.25) is 0 Å². The molecule has 5 nitrogen and oxygen atoms in total.